The monoisotopic (exact) mass is 136 g/mol. The Morgan fingerprint density at radius 1 is 1.12 bits per heavy atom. The summed E-state index contributed by atoms with van der Waals surface area (Å²) in [6, 6.07) is 0. The van der Waals surface area contributed by atoms with Crippen molar-refractivity contribution in [2.75, 3.05) is 14.2 Å². The topological polar surface area (TPSA) is 27.7 Å². The molecular weight excluding hydrogens is 124 g/mol. The Bertz CT molecular complexity index is 64.3. The van der Waals surface area contributed by atoms with E-state index >= 15 is 0 Å². The van der Waals surface area contributed by atoms with Gasteiger partial charge >= 0.3 is 8.56 Å². The Balaban J connectivity index is 3.37. The molecule has 0 aliphatic rings. The van der Waals surface area contributed by atoms with E-state index in [2.05, 4.69) is 4.89 Å². The zero-order valence-corrected chi connectivity index (χ0v) is 6.72. The van der Waals surface area contributed by atoms with E-state index < -0.39 is 8.56 Å². The summed E-state index contributed by atoms with van der Waals surface area (Å²) < 4.78 is 9.76. The maximum Gasteiger partial charge on any atom is 0.368 e. The van der Waals surface area contributed by atoms with Crippen LogP contribution in [0.5, 0.6) is 0 Å². The summed E-state index contributed by atoms with van der Waals surface area (Å²) >= 11 is 0. The maximum absolute atomic E-state index is 4.97. The maximum atomic E-state index is 4.97. The molecule has 0 bridgehead atoms. The molecule has 0 N–H and O–H groups in total. The summed E-state index contributed by atoms with van der Waals surface area (Å²) in [5, 5.41) is 0. The summed E-state index contributed by atoms with van der Waals surface area (Å²) in [5.41, 5.74) is 0. The van der Waals surface area contributed by atoms with Crippen LogP contribution in [-0.4, -0.2) is 22.8 Å². The van der Waals surface area contributed by atoms with Gasteiger partial charge in [-0.1, -0.05) is 0 Å². The summed E-state index contributed by atoms with van der Waals surface area (Å²) in [6.45, 7) is 3.80. The first-order valence-electron chi connectivity index (χ1n) is 2.39. The minimum absolute atomic E-state index is 1.48. The Morgan fingerprint density at radius 2 is 1.62 bits per heavy atom. The third kappa shape index (κ3) is 3.14. The van der Waals surface area contributed by atoms with Crippen molar-refractivity contribution < 1.29 is 13.9 Å². The van der Waals surface area contributed by atoms with E-state index in [4.69, 9.17) is 9.00 Å². The van der Waals surface area contributed by atoms with Gasteiger partial charge < -0.3 is 4.43 Å². The van der Waals surface area contributed by atoms with E-state index in [9.17, 15) is 0 Å². The number of rotatable bonds is 3. The Morgan fingerprint density at radius 3 is 1.75 bits per heavy atom. The van der Waals surface area contributed by atoms with Crippen LogP contribution in [0.2, 0.25) is 13.1 Å². The van der Waals surface area contributed by atoms with Crippen LogP contribution >= 0.6 is 0 Å². The van der Waals surface area contributed by atoms with Crippen LogP contribution in [0.3, 0.4) is 0 Å². The molecule has 0 amide bonds. The second-order valence-corrected chi connectivity index (χ2v) is 5.23. The van der Waals surface area contributed by atoms with Crippen LogP contribution in [0.4, 0.5) is 0 Å². The van der Waals surface area contributed by atoms with Crippen molar-refractivity contribution in [2.45, 2.75) is 13.1 Å². The summed E-state index contributed by atoms with van der Waals surface area (Å²) in [4.78, 5) is 4.43. The quantitative estimate of drug-likeness (QED) is 0.328. The Labute approximate surface area is 50.7 Å². The van der Waals surface area contributed by atoms with Crippen LogP contribution < -0.4 is 0 Å². The fraction of sp³-hybridized carbons (Fsp3) is 1.00. The molecule has 0 spiro atoms. The van der Waals surface area contributed by atoms with Gasteiger partial charge in [0, 0.05) is 7.11 Å². The van der Waals surface area contributed by atoms with E-state index in [0.717, 1.165) is 0 Å². The van der Waals surface area contributed by atoms with Gasteiger partial charge in [0.05, 0.1) is 7.11 Å². The molecular formula is C4H12O3Si. The summed E-state index contributed by atoms with van der Waals surface area (Å²) in [6.07, 6.45) is 0. The van der Waals surface area contributed by atoms with E-state index in [-0.39, 0.29) is 0 Å². The van der Waals surface area contributed by atoms with Crippen molar-refractivity contribution in [3.05, 3.63) is 0 Å². The molecule has 0 aliphatic carbocycles. The molecule has 0 aromatic heterocycles. The highest BCUT2D eigenvalue weighted by molar-refractivity contribution is 6.64. The normalized spacial score (nSPS) is 12.0. The molecule has 0 aromatic carbocycles. The number of hydrogen-bond acceptors (Lipinski definition) is 3. The first kappa shape index (κ1) is 8.10. The predicted molar refractivity (Wildman–Crippen MR) is 32.6 cm³/mol. The number of hydrogen-bond donors (Lipinski definition) is 0. The highest BCUT2D eigenvalue weighted by Gasteiger charge is 2.23. The summed E-state index contributed by atoms with van der Waals surface area (Å²) in [7, 11) is 1.20. The van der Waals surface area contributed by atoms with Crippen LogP contribution in [0, 0.1) is 0 Å². The molecule has 4 heteroatoms. The van der Waals surface area contributed by atoms with Crippen LogP contribution in [0.15, 0.2) is 0 Å². The van der Waals surface area contributed by atoms with Crippen molar-refractivity contribution in [1.29, 1.82) is 0 Å². The molecule has 3 nitrogen and oxygen atoms in total. The zero-order valence-electron chi connectivity index (χ0n) is 5.72. The smallest absolute Gasteiger partial charge is 0.368 e. The molecule has 50 valence electrons. The lowest BCUT2D eigenvalue weighted by molar-refractivity contribution is -0.203. The Kier molecular flexibility index (Phi) is 3.23. The SMILES string of the molecule is COO[Si](C)(C)OC. The molecule has 0 heterocycles. The fourth-order valence-electron chi connectivity index (χ4n) is 0.235. The molecule has 0 saturated heterocycles. The van der Waals surface area contributed by atoms with Gasteiger partial charge in [-0.2, -0.15) is 0 Å². The first-order valence-corrected chi connectivity index (χ1v) is 5.21. The lowest BCUT2D eigenvalue weighted by atomic mass is 11.8. The van der Waals surface area contributed by atoms with Crippen molar-refractivity contribution in [1.82, 2.24) is 0 Å². The highest BCUT2D eigenvalue weighted by atomic mass is 28.4. The van der Waals surface area contributed by atoms with Crippen LogP contribution in [0.1, 0.15) is 0 Å². The average molecular weight is 136 g/mol. The first-order chi connectivity index (χ1) is 3.62. The van der Waals surface area contributed by atoms with Gasteiger partial charge in [0.25, 0.3) is 0 Å². The second-order valence-electron chi connectivity index (χ2n) is 1.85. The molecule has 0 atom stereocenters. The van der Waals surface area contributed by atoms with Gasteiger partial charge in [-0.05, 0) is 13.1 Å². The summed E-state index contributed by atoms with van der Waals surface area (Å²) in [5.74, 6) is 0. The largest absolute Gasteiger partial charge is 0.396 e. The van der Waals surface area contributed by atoms with Crippen molar-refractivity contribution >= 4 is 8.56 Å². The van der Waals surface area contributed by atoms with Crippen molar-refractivity contribution in [3.8, 4) is 0 Å². The molecule has 8 heavy (non-hydrogen) atoms. The zero-order chi connectivity index (χ0) is 6.62. The van der Waals surface area contributed by atoms with Crippen LogP contribution in [0.25, 0.3) is 0 Å². The van der Waals surface area contributed by atoms with E-state index in [0.29, 0.717) is 0 Å². The van der Waals surface area contributed by atoms with Crippen LogP contribution in [-0.2, 0) is 13.9 Å². The predicted octanol–water partition coefficient (Wildman–Crippen LogP) is 0.913. The van der Waals surface area contributed by atoms with E-state index in [1.165, 1.54) is 7.11 Å². The Hall–Kier alpha value is 0.0969. The third-order valence-corrected chi connectivity index (χ3v) is 2.33. The van der Waals surface area contributed by atoms with Gasteiger partial charge in [-0.3, -0.25) is 4.58 Å². The molecule has 0 unspecified atom stereocenters. The highest BCUT2D eigenvalue weighted by Crippen LogP contribution is 2.02. The standard InChI is InChI=1S/C4H12O3Si/c1-5-7-8(3,4)6-2/h1-4H3. The van der Waals surface area contributed by atoms with E-state index in [1.807, 2.05) is 13.1 Å². The van der Waals surface area contributed by atoms with Gasteiger partial charge in [-0.15, -0.1) is 0 Å². The van der Waals surface area contributed by atoms with Gasteiger partial charge in [0.15, 0.2) is 0 Å². The molecule has 0 fully saturated rings. The molecule has 0 aliphatic heterocycles. The van der Waals surface area contributed by atoms with Crippen molar-refractivity contribution in [2.24, 2.45) is 0 Å². The minimum Gasteiger partial charge on any atom is -0.396 e. The second kappa shape index (κ2) is 3.19. The molecule has 0 aromatic rings. The molecule has 0 rings (SSSR count). The molecule has 0 radical (unpaired) electrons. The minimum atomic E-state index is -1.90. The van der Waals surface area contributed by atoms with Gasteiger partial charge in [0.2, 0.25) is 0 Å². The van der Waals surface area contributed by atoms with Gasteiger partial charge in [0.1, 0.15) is 0 Å². The van der Waals surface area contributed by atoms with E-state index in [1.54, 1.807) is 7.11 Å². The lowest BCUT2D eigenvalue weighted by Gasteiger charge is -2.15. The third-order valence-electron chi connectivity index (χ3n) is 0.776. The van der Waals surface area contributed by atoms with Gasteiger partial charge in [-0.25, -0.2) is 4.89 Å². The lowest BCUT2D eigenvalue weighted by Crippen LogP contribution is -2.32. The molecule has 0 saturated carbocycles. The fourth-order valence-corrected chi connectivity index (χ4v) is 0.704. The van der Waals surface area contributed by atoms with Crippen molar-refractivity contribution in [3.63, 3.8) is 0 Å². The average Bonchev–Trinajstić information content (AvgIpc) is 1.67.